The third-order valence-corrected chi connectivity index (χ3v) is 5.05. The van der Waals surface area contributed by atoms with Crippen LogP contribution in [-0.4, -0.2) is 39.5 Å². The Kier molecular flexibility index (Phi) is 3.48. The van der Waals surface area contributed by atoms with E-state index in [4.69, 9.17) is 0 Å². The predicted octanol–water partition coefficient (Wildman–Crippen LogP) is 3.02. The summed E-state index contributed by atoms with van der Waals surface area (Å²) in [5.74, 6) is -2.64. The van der Waals surface area contributed by atoms with Gasteiger partial charge in [0.2, 0.25) is 0 Å². The molecule has 2 fully saturated rings. The summed E-state index contributed by atoms with van der Waals surface area (Å²) in [5, 5.41) is 7.65. The summed E-state index contributed by atoms with van der Waals surface area (Å²) in [6.07, 6.45) is 6.34. The second-order valence-electron chi connectivity index (χ2n) is 6.64. The third-order valence-electron chi connectivity index (χ3n) is 5.05. The van der Waals surface area contributed by atoms with Crippen molar-refractivity contribution >= 4 is 16.9 Å². The Morgan fingerprint density at radius 1 is 1.35 bits per heavy atom. The molecule has 0 unspecified atom stereocenters. The lowest BCUT2D eigenvalue weighted by molar-refractivity contribution is 0.112. The molecule has 0 spiro atoms. The van der Waals surface area contributed by atoms with Crippen molar-refractivity contribution in [2.45, 2.75) is 56.5 Å². The summed E-state index contributed by atoms with van der Waals surface area (Å²) in [6.45, 7) is 3.05. The van der Waals surface area contributed by atoms with Crippen molar-refractivity contribution in [3.05, 3.63) is 18.1 Å². The van der Waals surface area contributed by atoms with E-state index in [-0.39, 0.29) is 12.5 Å². The fraction of sp³-hybridized carbons (Fsp3) is 0.625. The number of hydrogen-bond acceptors (Lipinski definition) is 4. The van der Waals surface area contributed by atoms with Crippen molar-refractivity contribution in [3.8, 4) is 0 Å². The van der Waals surface area contributed by atoms with Gasteiger partial charge in [0.05, 0.1) is 11.3 Å². The first-order valence-corrected chi connectivity index (χ1v) is 8.28. The molecule has 3 heterocycles. The zero-order valence-electron chi connectivity index (χ0n) is 13.1. The summed E-state index contributed by atoms with van der Waals surface area (Å²) in [4.78, 5) is 11.5. The van der Waals surface area contributed by atoms with Crippen LogP contribution in [0, 0.1) is 0 Å². The van der Waals surface area contributed by atoms with E-state index in [1.807, 2.05) is 0 Å². The molecule has 124 valence electrons. The highest BCUT2D eigenvalue weighted by Gasteiger charge is 2.58. The van der Waals surface area contributed by atoms with Crippen LogP contribution in [0.5, 0.6) is 0 Å². The maximum Gasteiger partial charge on any atom is 0.256 e. The molecule has 0 amide bonds. The van der Waals surface area contributed by atoms with Gasteiger partial charge in [-0.3, -0.25) is 0 Å². The van der Waals surface area contributed by atoms with Gasteiger partial charge in [0.1, 0.15) is 17.8 Å². The number of fused-ring (bicyclic) bond motifs is 1. The number of piperidine rings is 1. The molecule has 1 aliphatic heterocycles. The molecule has 3 atom stereocenters. The number of halogens is 2. The van der Waals surface area contributed by atoms with Crippen LogP contribution in [-0.2, 0) is 0 Å². The minimum atomic E-state index is -2.59. The van der Waals surface area contributed by atoms with Crippen LogP contribution in [0.1, 0.15) is 44.1 Å². The van der Waals surface area contributed by atoms with Crippen LogP contribution in [0.2, 0.25) is 0 Å². The van der Waals surface area contributed by atoms with Crippen LogP contribution in [0.25, 0.3) is 11.0 Å². The van der Waals surface area contributed by atoms with Gasteiger partial charge in [-0.2, -0.15) is 0 Å². The number of hydrogen-bond donors (Lipinski definition) is 3. The molecule has 1 aliphatic carbocycles. The predicted molar refractivity (Wildman–Crippen MR) is 84.9 cm³/mol. The molecule has 4 rings (SSSR count). The number of aromatic amines is 1. The van der Waals surface area contributed by atoms with Crippen LogP contribution in [0.15, 0.2) is 12.5 Å². The highest BCUT2D eigenvalue weighted by molar-refractivity contribution is 5.91. The van der Waals surface area contributed by atoms with Crippen LogP contribution in [0.4, 0.5) is 14.6 Å². The van der Waals surface area contributed by atoms with Crippen molar-refractivity contribution < 1.29 is 8.78 Å². The zero-order valence-corrected chi connectivity index (χ0v) is 13.1. The van der Waals surface area contributed by atoms with Crippen molar-refractivity contribution in [2.24, 2.45) is 0 Å². The van der Waals surface area contributed by atoms with E-state index < -0.39 is 11.8 Å². The van der Waals surface area contributed by atoms with Gasteiger partial charge in [-0.05, 0) is 24.8 Å². The van der Waals surface area contributed by atoms with E-state index in [2.05, 4.69) is 32.5 Å². The second-order valence-corrected chi connectivity index (χ2v) is 6.64. The van der Waals surface area contributed by atoms with Crippen molar-refractivity contribution in [2.75, 3.05) is 11.9 Å². The average Bonchev–Trinajstić information content (AvgIpc) is 2.98. The van der Waals surface area contributed by atoms with E-state index >= 15 is 0 Å². The maximum absolute atomic E-state index is 13.5. The standard InChI is InChI=1S/C16H21F2N5/c1-2-9-3-4-10(6-19-9)23-15-13-11(12-5-16(12,17)18)7-20-14(13)21-8-22-15/h7-10,12,19H,2-6H2,1H3,(H2,20,21,22,23)/t9-,10+,12+/m0/s1. The number of nitrogens with one attached hydrogen (secondary N) is 3. The van der Waals surface area contributed by atoms with Gasteiger partial charge in [0.25, 0.3) is 5.92 Å². The molecular weight excluding hydrogens is 300 g/mol. The molecule has 0 radical (unpaired) electrons. The fourth-order valence-corrected chi connectivity index (χ4v) is 3.50. The Bertz CT molecular complexity index is 706. The Morgan fingerprint density at radius 3 is 2.83 bits per heavy atom. The molecule has 0 bridgehead atoms. The molecule has 2 aromatic heterocycles. The molecule has 0 aromatic carbocycles. The first-order chi connectivity index (χ1) is 11.1. The number of H-pyrrole nitrogens is 1. The number of aromatic nitrogens is 3. The van der Waals surface area contributed by atoms with Crippen molar-refractivity contribution in [1.29, 1.82) is 0 Å². The molecule has 1 saturated heterocycles. The monoisotopic (exact) mass is 321 g/mol. The lowest BCUT2D eigenvalue weighted by Crippen LogP contribution is -2.44. The molecule has 23 heavy (non-hydrogen) atoms. The topological polar surface area (TPSA) is 65.6 Å². The minimum absolute atomic E-state index is 0.0859. The van der Waals surface area contributed by atoms with E-state index in [1.165, 1.54) is 6.33 Å². The average molecular weight is 321 g/mol. The molecule has 3 N–H and O–H groups in total. The Hall–Kier alpha value is -1.76. The summed E-state index contributed by atoms with van der Waals surface area (Å²) < 4.78 is 26.9. The normalized spacial score (nSPS) is 29.6. The van der Waals surface area contributed by atoms with Crippen LogP contribution in [0.3, 0.4) is 0 Å². The number of nitrogens with zero attached hydrogens (tertiary/aromatic N) is 2. The van der Waals surface area contributed by atoms with Crippen LogP contribution >= 0.6 is 0 Å². The second kappa shape index (κ2) is 5.40. The lowest BCUT2D eigenvalue weighted by atomic mass is 9.99. The number of rotatable bonds is 4. The van der Waals surface area contributed by atoms with E-state index in [0.717, 1.165) is 25.8 Å². The lowest BCUT2D eigenvalue weighted by Gasteiger charge is -2.30. The molecule has 7 heteroatoms. The molecular formula is C16H21F2N5. The first-order valence-electron chi connectivity index (χ1n) is 8.28. The van der Waals surface area contributed by atoms with Gasteiger partial charge in [-0.1, -0.05) is 6.92 Å². The van der Waals surface area contributed by atoms with Gasteiger partial charge in [-0.25, -0.2) is 18.7 Å². The molecule has 5 nitrogen and oxygen atoms in total. The number of anilines is 1. The first kappa shape index (κ1) is 14.8. The van der Waals surface area contributed by atoms with E-state index in [0.29, 0.717) is 28.5 Å². The van der Waals surface area contributed by atoms with Gasteiger partial charge < -0.3 is 15.6 Å². The Labute approximate surface area is 133 Å². The third kappa shape index (κ3) is 2.67. The molecule has 2 aromatic rings. The van der Waals surface area contributed by atoms with Gasteiger partial charge in [0.15, 0.2) is 0 Å². The summed E-state index contributed by atoms with van der Waals surface area (Å²) in [6, 6.07) is 0.838. The van der Waals surface area contributed by atoms with Crippen molar-refractivity contribution in [1.82, 2.24) is 20.3 Å². The van der Waals surface area contributed by atoms with Crippen molar-refractivity contribution in [3.63, 3.8) is 0 Å². The maximum atomic E-state index is 13.5. The van der Waals surface area contributed by atoms with E-state index in [9.17, 15) is 8.78 Å². The fourth-order valence-electron chi connectivity index (χ4n) is 3.50. The van der Waals surface area contributed by atoms with Gasteiger partial charge >= 0.3 is 0 Å². The molecule has 1 saturated carbocycles. The summed E-state index contributed by atoms with van der Waals surface area (Å²) >= 11 is 0. The van der Waals surface area contributed by atoms with Gasteiger partial charge in [-0.15, -0.1) is 0 Å². The quantitative estimate of drug-likeness (QED) is 0.810. The Morgan fingerprint density at radius 2 is 2.17 bits per heavy atom. The SMILES string of the molecule is CC[C@H]1CC[C@@H](Nc2ncnc3[nH]cc([C@H]4CC4(F)F)c23)CN1. The smallest absolute Gasteiger partial charge is 0.256 e. The zero-order chi connectivity index (χ0) is 16.0. The highest BCUT2D eigenvalue weighted by atomic mass is 19.3. The largest absolute Gasteiger partial charge is 0.365 e. The van der Waals surface area contributed by atoms with E-state index in [1.54, 1.807) is 6.20 Å². The molecule has 2 aliphatic rings. The Balaban J connectivity index is 1.59. The van der Waals surface area contributed by atoms with Crippen LogP contribution < -0.4 is 10.6 Å². The summed E-state index contributed by atoms with van der Waals surface area (Å²) in [5.41, 5.74) is 1.25. The van der Waals surface area contributed by atoms with Gasteiger partial charge in [0, 0.05) is 31.2 Å². The minimum Gasteiger partial charge on any atom is -0.365 e. The number of alkyl halides is 2. The summed E-state index contributed by atoms with van der Waals surface area (Å²) in [7, 11) is 0. The highest BCUT2D eigenvalue weighted by Crippen LogP contribution is 2.57.